The van der Waals surface area contributed by atoms with E-state index in [2.05, 4.69) is 4.72 Å². The number of hydrogen-bond donors (Lipinski definition) is 2. The van der Waals surface area contributed by atoms with E-state index in [-0.39, 0.29) is 18.0 Å². The predicted octanol–water partition coefficient (Wildman–Crippen LogP) is 6.20. The Bertz CT molecular complexity index is 1470. The number of carboxylic acid groups (broad SMARTS) is 1. The number of ketones is 1. The SMILES string of the molecule is O=C(CC(CCc1ccccc1)C(=O)O)c1ccc(-c2ccc(NS(=O)(=O)Cc3ccccc3)cc2)cc1. The van der Waals surface area contributed by atoms with Gasteiger partial charge in [0, 0.05) is 17.7 Å². The maximum absolute atomic E-state index is 12.8. The zero-order valence-corrected chi connectivity index (χ0v) is 21.6. The maximum Gasteiger partial charge on any atom is 0.306 e. The molecule has 0 aliphatic heterocycles. The van der Waals surface area contributed by atoms with Crippen molar-refractivity contribution < 1.29 is 23.1 Å². The standard InChI is InChI=1S/C31H29NO5S/c33-30(21-28(31(34)35)12-11-23-7-3-1-4-8-23)27-15-13-25(14-16-27)26-17-19-29(20-18-26)32-38(36,37)22-24-9-5-2-6-10-24/h1-10,13-20,28,32H,11-12,21-22H2,(H,34,35). The molecule has 0 bridgehead atoms. The summed E-state index contributed by atoms with van der Waals surface area (Å²) in [6.07, 6.45) is 0.937. The van der Waals surface area contributed by atoms with E-state index < -0.39 is 21.9 Å². The highest BCUT2D eigenvalue weighted by Crippen LogP contribution is 2.24. The van der Waals surface area contributed by atoms with Crippen LogP contribution in [0.1, 0.15) is 34.3 Å². The molecule has 4 aromatic carbocycles. The van der Waals surface area contributed by atoms with Gasteiger partial charge in [-0.2, -0.15) is 0 Å². The Morgan fingerprint density at radius 1 is 0.711 bits per heavy atom. The molecule has 0 amide bonds. The second kappa shape index (κ2) is 12.3. The van der Waals surface area contributed by atoms with Gasteiger partial charge in [0.05, 0.1) is 11.7 Å². The zero-order valence-electron chi connectivity index (χ0n) is 20.8. The number of carboxylic acids is 1. The number of rotatable bonds is 12. The summed E-state index contributed by atoms with van der Waals surface area (Å²) in [5, 5.41) is 9.61. The third-order valence-electron chi connectivity index (χ3n) is 6.30. The Labute approximate surface area is 223 Å². The van der Waals surface area contributed by atoms with Crippen molar-refractivity contribution in [2.75, 3.05) is 4.72 Å². The Balaban J connectivity index is 1.36. The molecule has 2 N–H and O–H groups in total. The maximum atomic E-state index is 12.8. The van der Waals surface area contributed by atoms with E-state index in [1.54, 1.807) is 60.7 Å². The van der Waals surface area contributed by atoms with Crippen LogP contribution in [0.4, 0.5) is 5.69 Å². The van der Waals surface area contributed by atoms with Crippen LogP contribution in [0.5, 0.6) is 0 Å². The number of Topliss-reactive ketones (excluding diaryl/α,β-unsaturated/α-hetero) is 1. The van der Waals surface area contributed by atoms with Crippen molar-refractivity contribution >= 4 is 27.5 Å². The molecular weight excluding hydrogens is 498 g/mol. The number of anilines is 1. The first kappa shape index (κ1) is 26.8. The average Bonchev–Trinajstić information content (AvgIpc) is 2.92. The zero-order chi connectivity index (χ0) is 27.0. The number of aryl methyl sites for hydroxylation is 1. The lowest BCUT2D eigenvalue weighted by atomic mass is 9.92. The monoisotopic (exact) mass is 527 g/mol. The van der Waals surface area contributed by atoms with Gasteiger partial charge in [-0.05, 0) is 47.2 Å². The molecule has 0 aromatic heterocycles. The minimum absolute atomic E-state index is 0.0562. The van der Waals surface area contributed by atoms with Gasteiger partial charge in [-0.1, -0.05) is 97.1 Å². The molecule has 0 spiro atoms. The molecule has 7 heteroatoms. The van der Waals surface area contributed by atoms with Crippen LogP contribution in [0.2, 0.25) is 0 Å². The molecule has 0 fully saturated rings. The van der Waals surface area contributed by atoms with E-state index in [1.807, 2.05) is 48.5 Å². The van der Waals surface area contributed by atoms with Crippen LogP contribution >= 0.6 is 0 Å². The van der Waals surface area contributed by atoms with E-state index in [4.69, 9.17) is 0 Å². The summed E-state index contributed by atoms with van der Waals surface area (Å²) in [7, 11) is -3.55. The Morgan fingerprint density at radius 3 is 1.79 bits per heavy atom. The van der Waals surface area contributed by atoms with Crippen molar-refractivity contribution in [2.45, 2.75) is 25.0 Å². The lowest BCUT2D eigenvalue weighted by Gasteiger charge is -2.12. The summed E-state index contributed by atoms with van der Waals surface area (Å²) in [4.78, 5) is 24.5. The Hall–Kier alpha value is -4.23. The van der Waals surface area contributed by atoms with Gasteiger partial charge >= 0.3 is 5.97 Å². The highest BCUT2D eigenvalue weighted by Gasteiger charge is 2.22. The fraction of sp³-hybridized carbons (Fsp3) is 0.161. The van der Waals surface area contributed by atoms with Crippen molar-refractivity contribution in [3.63, 3.8) is 0 Å². The van der Waals surface area contributed by atoms with E-state index in [0.717, 1.165) is 16.7 Å². The first-order valence-electron chi connectivity index (χ1n) is 12.3. The van der Waals surface area contributed by atoms with Crippen molar-refractivity contribution in [1.29, 1.82) is 0 Å². The van der Waals surface area contributed by atoms with Gasteiger partial charge in [0.2, 0.25) is 10.0 Å². The quantitative estimate of drug-likeness (QED) is 0.214. The van der Waals surface area contributed by atoms with Gasteiger partial charge in [0.15, 0.2) is 5.78 Å². The van der Waals surface area contributed by atoms with Crippen LogP contribution < -0.4 is 4.72 Å². The smallest absolute Gasteiger partial charge is 0.306 e. The molecule has 1 unspecified atom stereocenters. The Kier molecular flexibility index (Phi) is 8.71. The minimum Gasteiger partial charge on any atom is -0.481 e. The first-order valence-corrected chi connectivity index (χ1v) is 14.0. The molecule has 1 atom stereocenters. The van der Waals surface area contributed by atoms with Gasteiger partial charge in [-0.15, -0.1) is 0 Å². The van der Waals surface area contributed by atoms with Crippen LogP contribution in [0.3, 0.4) is 0 Å². The predicted molar refractivity (Wildman–Crippen MR) is 149 cm³/mol. The fourth-order valence-electron chi connectivity index (χ4n) is 4.23. The number of hydrogen-bond acceptors (Lipinski definition) is 4. The molecule has 0 heterocycles. The third-order valence-corrected chi connectivity index (χ3v) is 7.56. The summed E-state index contributed by atoms with van der Waals surface area (Å²) in [6.45, 7) is 0. The molecule has 0 saturated carbocycles. The lowest BCUT2D eigenvalue weighted by Crippen LogP contribution is -2.19. The van der Waals surface area contributed by atoms with E-state index in [0.29, 0.717) is 29.7 Å². The number of carbonyl (C=O) groups is 2. The summed E-state index contributed by atoms with van der Waals surface area (Å²) < 4.78 is 27.6. The molecule has 0 saturated heterocycles. The van der Waals surface area contributed by atoms with Gasteiger partial charge in [0.1, 0.15) is 0 Å². The van der Waals surface area contributed by atoms with Crippen molar-refractivity contribution in [1.82, 2.24) is 0 Å². The summed E-state index contributed by atoms with van der Waals surface area (Å²) >= 11 is 0. The highest BCUT2D eigenvalue weighted by atomic mass is 32.2. The third kappa shape index (κ3) is 7.63. The number of benzene rings is 4. The van der Waals surface area contributed by atoms with E-state index in [1.165, 1.54) is 0 Å². The van der Waals surface area contributed by atoms with E-state index in [9.17, 15) is 23.1 Å². The normalized spacial score (nSPS) is 12.0. The molecule has 194 valence electrons. The minimum atomic E-state index is -3.55. The number of sulfonamides is 1. The van der Waals surface area contributed by atoms with Crippen molar-refractivity contribution in [3.8, 4) is 11.1 Å². The highest BCUT2D eigenvalue weighted by molar-refractivity contribution is 7.91. The number of carbonyl (C=O) groups excluding carboxylic acids is 1. The van der Waals surface area contributed by atoms with Gasteiger partial charge in [-0.25, -0.2) is 8.42 Å². The van der Waals surface area contributed by atoms with Crippen LogP contribution in [0.15, 0.2) is 109 Å². The molecule has 0 aliphatic rings. The topological polar surface area (TPSA) is 101 Å². The largest absolute Gasteiger partial charge is 0.481 e. The molecular formula is C31H29NO5S. The molecule has 4 rings (SSSR count). The van der Waals surface area contributed by atoms with Crippen LogP contribution in [-0.2, 0) is 27.0 Å². The fourth-order valence-corrected chi connectivity index (χ4v) is 5.43. The van der Waals surface area contributed by atoms with Crippen LogP contribution in [-0.4, -0.2) is 25.3 Å². The number of aliphatic carboxylic acids is 1. The second-order valence-corrected chi connectivity index (χ2v) is 10.9. The average molecular weight is 528 g/mol. The molecule has 0 radical (unpaired) electrons. The number of nitrogens with one attached hydrogen (secondary N) is 1. The summed E-state index contributed by atoms with van der Waals surface area (Å²) in [5.41, 5.74) is 4.40. The van der Waals surface area contributed by atoms with Gasteiger partial charge < -0.3 is 5.11 Å². The van der Waals surface area contributed by atoms with Crippen molar-refractivity contribution in [3.05, 3.63) is 126 Å². The van der Waals surface area contributed by atoms with Crippen LogP contribution in [0, 0.1) is 5.92 Å². The molecule has 4 aromatic rings. The lowest BCUT2D eigenvalue weighted by molar-refractivity contribution is -0.141. The van der Waals surface area contributed by atoms with E-state index >= 15 is 0 Å². The summed E-state index contributed by atoms with van der Waals surface area (Å²) in [5.74, 6) is -2.04. The first-order chi connectivity index (χ1) is 18.3. The molecule has 38 heavy (non-hydrogen) atoms. The van der Waals surface area contributed by atoms with Gasteiger partial charge in [0.25, 0.3) is 0 Å². The molecule has 0 aliphatic carbocycles. The van der Waals surface area contributed by atoms with Crippen LogP contribution in [0.25, 0.3) is 11.1 Å². The Morgan fingerprint density at radius 2 is 1.24 bits per heavy atom. The van der Waals surface area contributed by atoms with Crippen molar-refractivity contribution in [2.24, 2.45) is 5.92 Å². The summed E-state index contributed by atoms with van der Waals surface area (Å²) in [6, 6.07) is 32.6. The second-order valence-electron chi connectivity index (χ2n) is 9.19. The van der Waals surface area contributed by atoms with Gasteiger partial charge in [-0.3, -0.25) is 14.3 Å². The molecule has 6 nitrogen and oxygen atoms in total.